The molecule has 1 rings (SSSR count). The third kappa shape index (κ3) is 4.10. The van der Waals surface area contributed by atoms with Crippen LogP contribution in [0.15, 0.2) is 0 Å². The van der Waals surface area contributed by atoms with Crippen molar-refractivity contribution >= 4 is 14.3 Å². The molecule has 4 atom stereocenters. The van der Waals surface area contributed by atoms with Crippen LogP contribution in [0.4, 0.5) is 0 Å². The zero-order chi connectivity index (χ0) is 17.3. The van der Waals surface area contributed by atoms with E-state index in [0.29, 0.717) is 18.9 Å². The molecule has 0 unspecified atom stereocenters. The standard InChI is InChI=1S/C16H32O5Si/c1-10(2)16(4,5)22(6,7)20-9-12-8-13(21-11(3)17)15(19)14(12)18/h10,12-15,18-19H,8-9H2,1-7H3/t12-,13-,14-,15+/m1/s1. The zero-order valence-corrected chi connectivity index (χ0v) is 15.9. The normalized spacial score (nSPS) is 29.9. The highest BCUT2D eigenvalue weighted by atomic mass is 28.4. The van der Waals surface area contributed by atoms with Crippen molar-refractivity contribution < 1.29 is 24.2 Å². The molecule has 0 bridgehead atoms. The molecule has 22 heavy (non-hydrogen) atoms. The largest absolute Gasteiger partial charge is 0.460 e. The van der Waals surface area contributed by atoms with E-state index in [0.717, 1.165) is 0 Å². The number of hydrogen-bond acceptors (Lipinski definition) is 5. The maximum Gasteiger partial charge on any atom is 0.302 e. The molecule has 0 aliphatic heterocycles. The molecule has 0 heterocycles. The first-order chi connectivity index (χ1) is 9.90. The molecule has 0 spiro atoms. The number of carbonyl (C=O) groups excluding carboxylic acids is 1. The van der Waals surface area contributed by atoms with Gasteiger partial charge in [-0.1, -0.05) is 27.7 Å². The van der Waals surface area contributed by atoms with Crippen molar-refractivity contribution in [3.8, 4) is 0 Å². The molecule has 0 radical (unpaired) electrons. The average molecular weight is 333 g/mol. The molecule has 0 aromatic heterocycles. The maximum atomic E-state index is 11.0. The number of carbonyl (C=O) groups is 1. The fourth-order valence-corrected chi connectivity index (χ4v) is 5.16. The first kappa shape index (κ1) is 19.6. The van der Waals surface area contributed by atoms with Crippen molar-refractivity contribution in [2.75, 3.05) is 6.61 Å². The number of aliphatic hydroxyl groups is 2. The minimum Gasteiger partial charge on any atom is -0.460 e. The van der Waals surface area contributed by atoms with E-state index in [9.17, 15) is 15.0 Å². The van der Waals surface area contributed by atoms with Crippen LogP contribution in [0.1, 0.15) is 41.0 Å². The van der Waals surface area contributed by atoms with Gasteiger partial charge in [0.2, 0.25) is 0 Å². The molecule has 5 nitrogen and oxygen atoms in total. The van der Waals surface area contributed by atoms with Gasteiger partial charge in [0.05, 0.1) is 6.10 Å². The summed E-state index contributed by atoms with van der Waals surface area (Å²) < 4.78 is 11.3. The topological polar surface area (TPSA) is 76.0 Å². The molecular formula is C16H32O5Si. The Hall–Kier alpha value is -0.433. The Labute approximate surface area is 135 Å². The minimum absolute atomic E-state index is 0.102. The molecule has 130 valence electrons. The van der Waals surface area contributed by atoms with Gasteiger partial charge in [-0.15, -0.1) is 0 Å². The minimum atomic E-state index is -1.97. The van der Waals surface area contributed by atoms with Crippen LogP contribution in [0.5, 0.6) is 0 Å². The molecule has 0 aromatic rings. The molecule has 2 N–H and O–H groups in total. The molecule has 1 fully saturated rings. The first-order valence-corrected chi connectivity index (χ1v) is 11.0. The first-order valence-electron chi connectivity index (χ1n) is 8.07. The summed E-state index contributed by atoms with van der Waals surface area (Å²) in [5.74, 6) is -0.135. The molecule has 0 saturated heterocycles. The van der Waals surface area contributed by atoms with Crippen LogP contribution in [0, 0.1) is 11.8 Å². The second-order valence-corrected chi connectivity index (χ2v) is 12.4. The van der Waals surface area contributed by atoms with Gasteiger partial charge in [0, 0.05) is 19.4 Å². The molecule has 1 aliphatic carbocycles. The second-order valence-electron chi connectivity index (χ2n) is 7.82. The van der Waals surface area contributed by atoms with E-state index in [1.165, 1.54) is 6.92 Å². The van der Waals surface area contributed by atoms with Gasteiger partial charge >= 0.3 is 5.97 Å². The summed E-state index contributed by atoms with van der Waals surface area (Å²) in [6, 6.07) is 0. The quantitative estimate of drug-likeness (QED) is 0.577. The van der Waals surface area contributed by atoms with E-state index in [1.54, 1.807) is 0 Å². The Bertz CT molecular complexity index is 394. The lowest BCUT2D eigenvalue weighted by Gasteiger charge is -2.43. The van der Waals surface area contributed by atoms with Crippen molar-refractivity contribution in [3.63, 3.8) is 0 Å². The van der Waals surface area contributed by atoms with E-state index in [1.807, 2.05) is 0 Å². The molecule has 6 heteroatoms. The summed E-state index contributed by atoms with van der Waals surface area (Å²) in [6.45, 7) is 14.9. The van der Waals surface area contributed by atoms with Crippen LogP contribution in [-0.2, 0) is 14.0 Å². The van der Waals surface area contributed by atoms with Crippen molar-refractivity contribution in [2.24, 2.45) is 11.8 Å². The Morgan fingerprint density at radius 3 is 2.27 bits per heavy atom. The van der Waals surface area contributed by atoms with Crippen molar-refractivity contribution in [2.45, 2.75) is 77.5 Å². The Kier molecular flexibility index (Phi) is 6.23. The Morgan fingerprint density at radius 2 is 1.82 bits per heavy atom. The number of ether oxygens (including phenoxy) is 1. The highest BCUT2D eigenvalue weighted by Crippen LogP contribution is 2.45. The summed E-state index contributed by atoms with van der Waals surface area (Å²) in [5, 5.41) is 20.2. The van der Waals surface area contributed by atoms with E-state index in [-0.39, 0.29) is 11.0 Å². The third-order valence-electron chi connectivity index (χ3n) is 5.72. The Morgan fingerprint density at radius 1 is 1.27 bits per heavy atom. The van der Waals surface area contributed by atoms with Crippen molar-refractivity contribution in [1.29, 1.82) is 0 Å². The van der Waals surface area contributed by atoms with Crippen molar-refractivity contribution in [1.82, 2.24) is 0 Å². The third-order valence-corrected chi connectivity index (χ3v) is 10.3. The van der Waals surface area contributed by atoms with E-state index < -0.39 is 32.6 Å². The van der Waals surface area contributed by atoms with Crippen LogP contribution in [-0.4, -0.2) is 49.4 Å². The van der Waals surface area contributed by atoms with Gasteiger partial charge in [0.25, 0.3) is 0 Å². The highest BCUT2D eigenvalue weighted by Gasteiger charge is 2.47. The van der Waals surface area contributed by atoms with Gasteiger partial charge in [-0.25, -0.2) is 0 Å². The van der Waals surface area contributed by atoms with Crippen LogP contribution in [0.3, 0.4) is 0 Å². The SMILES string of the molecule is CC(=O)O[C@@H]1C[C@H](CO[Si](C)(C)C(C)(C)C(C)C)[C@@H](O)[C@H]1O. The van der Waals surface area contributed by atoms with Gasteiger partial charge in [0.1, 0.15) is 12.2 Å². The smallest absolute Gasteiger partial charge is 0.302 e. The summed E-state index contributed by atoms with van der Waals surface area (Å²) >= 11 is 0. The predicted molar refractivity (Wildman–Crippen MR) is 88.0 cm³/mol. The van der Waals surface area contributed by atoms with Crippen LogP contribution < -0.4 is 0 Å². The van der Waals surface area contributed by atoms with Crippen LogP contribution >= 0.6 is 0 Å². The second kappa shape index (κ2) is 6.99. The zero-order valence-electron chi connectivity index (χ0n) is 14.9. The molecule has 1 saturated carbocycles. The van der Waals surface area contributed by atoms with E-state index >= 15 is 0 Å². The molecule has 0 aromatic carbocycles. The summed E-state index contributed by atoms with van der Waals surface area (Å²) in [7, 11) is -1.97. The van der Waals surface area contributed by atoms with Gasteiger partial charge < -0.3 is 19.4 Å². The van der Waals surface area contributed by atoms with Gasteiger partial charge in [-0.3, -0.25) is 4.79 Å². The lowest BCUT2D eigenvalue weighted by molar-refractivity contribution is -0.152. The number of esters is 1. The monoisotopic (exact) mass is 332 g/mol. The summed E-state index contributed by atoms with van der Waals surface area (Å²) in [6.07, 6.45) is -2.13. The van der Waals surface area contributed by atoms with Crippen molar-refractivity contribution in [3.05, 3.63) is 0 Å². The predicted octanol–water partition coefficient (Wildman–Crippen LogP) is 2.32. The van der Waals surface area contributed by atoms with E-state index in [2.05, 4.69) is 40.8 Å². The number of aliphatic hydroxyl groups excluding tert-OH is 2. The summed E-state index contributed by atoms with van der Waals surface area (Å²) in [4.78, 5) is 11.0. The summed E-state index contributed by atoms with van der Waals surface area (Å²) in [5.41, 5.74) is 0. The molecular weight excluding hydrogens is 300 g/mol. The number of rotatable bonds is 6. The van der Waals surface area contributed by atoms with Gasteiger partial charge in [0.15, 0.2) is 8.32 Å². The Balaban J connectivity index is 2.66. The highest BCUT2D eigenvalue weighted by molar-refractivity contribution is 6.74. The van der Waals surface area contributed by atoms with Gasteiger partial charge in [-0.05, 0) is 30.5 Å². The van der Waals surface area contributed by atoms with E-state index in [4.69, 9.17) is 9.16 Å². The maximum absolute atomic E-state index is 11.0. The van der Waals surface area contributed by atoms with Gasteiger partial charge in [-0.2, -0.15) is 0 Å². The van der Waals surface area contributed by atoms with Crippen LogP contribution in [0.25, 0.3) is 0 Å². The number of hydrogen-bond donors (Lipinski definition) is 2. The van der Waals surface area contributed by atoms with Crippen LogP contribution in [0.2, 0.25) is 18.1 Å². The fraction of sp³-hybridized carbons (Fsp3) is 0.938. The lowest BCUT2D eigenvalue weighted by Crippen LogP contribution is -2.46. The fourth-order valence-electron chi connectivity index (χ4n) is 2.77. The lowest BCUT2D eigenvalue weighted by atomic mass is 9.99. The average Bonchev–Trinajstić information content (AvgIpc) is 2.63. The molecule has 0 amide bonds. The molecule has 1 aliphatic rings.